The lowest BCUT2D eigenvalue weighted by atomic mass is 9.86. The van der Waals surface area contributed by atoms with Gasteiger partial charge in [0.2, 0.25) is 0 Å². The molecule has 1 aliphatic carbocycles. The molecule has 124 valence electrons. The molecule has 0 radical (unpaired) electrons. The average molecular weight is 331 g/mol. The maximum absolute atomic E-state index is 4.67. The molecular weight excluding hydrogens is 304 g/mol. The molecule has 1 atom stereocenters. The second kappa shape index (κ2) is 6.73. The molecule has 4 nitrogen and oxygen atoms in total. The number of nitrogens with zero attached hydrogens (tertiary/aromatic N) is 4. The molecule has 0 N–H and O–H groups in total. The number of likely N-dealkylation sites (tertiary alicyclic amines) is 1. The second-order valence-electron chi connectivity index (χ2n) is 7.19. The minimum atomic E-state index is 0.740. The Morgan fingerprint density at radius 2 is 2.13 bits per heavy atom. The van der Waals surface area contributed by atoms with Gasteiger partial charge in [0.25, 0.3) is 0 Å². The Bertz CT molecular complexity index is 643. The lowest BCUT2D eigenvalue weighted by Crippen LogP contribution is -2.35. The van der Waals surface area contributed by atoms with Crippen LogP contribution in [0.4, 0.5) is 0 Å². The van der Waals surface area contributed by atoms with E-state index in [1.54, 1.807) is 0 Å². The van der Waals surface area contributed by atoms with Gasteiger partial charge in [0.15, 0.2) is 0 Å². The number of rotatable bonds is 5. The van der Waals surface area contributed by atoms with Gasteiger partial charge in [-0.25, -0.2) is 9.97 Å². The van der Waals surface area contributed by atoms with Gasteiger partial charge in [-0.2, -0.15) is 0 Å². The summed E-state index contributed by atoms with van der Waals surface area (Å²) >= 11 is 1.95. The zero-order valence-corrected chi connectivity index (χ0v) is 14.8. The maximum atomic E-state index is 4.67. The highest BCUT2D eigenvalue weighted by Crippen LogP contribution is 2.38. The first-order valence-electron chi connectivity index (χ1n) is 8.91. The SMILES string of the molecule is Cn1ccnc1CC1CCCN(Cc2cnc(C3CCC3)s2)C1. The molecule has 2 fully saturated rings. The van der Waals surface area contributed by atoms with E-state index in [0.717, 1.165) is 24.8 Å². The zero-order valence-electron chi connectivity index (χ0n) is 13.9. The first-order chi connectivity index (χ1) is 11.3. The number of imidazole rings is 1. The molecule has 3 heterocycles. The van der Waals surface area contributed by atoms with Gasteiger partial charge in [0.05, 0.1) is 5.01 Å². The van der Waals surface area contributed by atoms with E-state index in [1.807, 2.05) is 17.5 Å². The predicted octanol–water partition coefficient (Wildman–Crippen LogP) is 3.60. The van der Waals surface area contributed by atoms with Crippen LogP contribution in [0.5, 0.6) is 0 Å². The molecule has 0 aromatic carbocycles. The Labute approximate surface area is 142 Å². The Balaban J connectivity index is 1.33. The lowest BCUT2D eigenvalue weighted by molar-refractivity contribution is 0.166. The maximum Gasteiger partial charge on any atom is 0.108 e. The highest BCUT2D eigenvalue weighted by Gasteiger charge is 2.24. The van der Waals surface area contributed by atoms with E-state index in [-0.39, 0.29) is 0 Å². The Hall–Kier alpha value is -1.20. The van der Waals surface area contributed by atoms with Crippen LogP contribution in [0.15, 0.2) is 18.6 Å². The average Bonchev–Trinajstić information content (AvgIpc) is 3.08. The van der Waals surface area contributed by atoms with Crippen molar-refractivity contribution in [2.24, 2.45) is 13.0 Å². The summed E-state index contributed by atoms with van der Waals surface area (Å²) in [4.78, 5) is 13.2. The second-order valence-corrected chi connectivity index (χ2v) is 8.34. The minimum absolute atomic E-state index is 0.740. The van der Waals surface area contributed by atoms with Crippen LogP contribution in [0.2, 0.25) is 0 Å². The van der Waals surface area contributed by atoms with Gasteiger partial charge in [-0.1, -0.05) is 6.42 Å². The molecule has 2 aromatic heterocycles. The van der Waals surface area contributed by atoms with Crippen molar-refractivity contribution in [2.75, 3.05) is 13.1 Å². The van der Waals surface area contributed by atoms with Crippen LogP contribution in [0.25, 0.3) is 0 Å². The van der Waals surface area contributed by atoms with Crippen LogP contribution in [-0.4, -0.2) is 32.5 Å². The molecule has 23 heavy (non-hydrogen) atoms. The van der Waals surface area contributed by atoms with E-state index in [2.05, 4.69) is 38.9 Å². The topological polar surface area (TPSA) is 34.0 Å². The molecule has 1 saturated carbocycles. The highest BCUT2D eigenvalue weighted by molar-refractivity contribution is 7.11. The first kappa shape index (κ1) is 15.3. The molecule has 1 unspecified atom stereocenters. The van der Waals surface area contributed by atoms with Crippen molar-refractivity contribution in [3.8, 4) is 0 Å². The van der Waals surface area contributed by atoms with Crippen molar-refractivity contribution in [1.29, 1.82) is 0 Å². The molecule has 0 amide bonds. The third-order valence-corrected chi connectivity index (χ3v) is 6.55. The third kappa shape index (κ3) is 3.50. The van der Waals surface area contributed by atoms with Crippen molar-refractivity contribution in [2.45, 2.75) is 51.0 Å². The summed E-state index contributed by atoms with van der Waals surface area (Å²) in [5, 5.41) is 1.38. The van der Waals surface area contributed by atoms with E-state index in [0.29, 0.717) is 0 Å². The van der Waals surface area contributed by atoms with Crippen LogP contribution in [-0.2, 0) is 20.0 Å². The third-order valence-electron chi connectivity index (χ3n) is 5.40. The quantitative estimate of drug-likeness (QED) is 0.840. The van der Waals surface area contributed by atoms with Crippen molar-refractivity contribution >= 4 is 11.3 Å². The Morgan fingerprint density at radius 3 is 2.87 bits per heavy atom. The number of piperidine rings is 1. The Kier molecular flexibility index (Phi) is 4.49. The van der Waals surface area contributed by atoms with Gasteiger partial charge < -0.3 is 4.57 Å². The zero-order chi connectivity index (χ0) is 15.6. The molecular formula is C18H26N4S. The summed E-state index contributed by atoms with van der Waals surface area (Å²) in [5.41, 5.74) is 0. The fourth-order valence-corrected chi connectivity index (χ4v) is 4.90. The summed E-state index contributed by atoms with van der Waals surface area (Å²) in [6, 6.07) is 0. The minimum Gasteiger partial charge on any atom is -0.338 e. The molecule has 4 rings (SSSR count). The number of hydrogen-bond acceptors (Lipinski definition) is 4. The van der Waals surface area contributed by atoms with Crippen LogP contribution >= 0.6 is 11.3 Å². The van der Waals surface area contributed by atoms with E-state index in [1.165, 1.54) is 60.9 Å². The van der Waals surface area contributed by atoms with Gasteiger partial charge >= 0.3 is 0 Å². The number of thiazole rings is 1. The van der Waals surface area contributed by atoms with Crippen LogP contribution in [0.3, 0.4) is 0 Å². The largest absolute Gasteiger partial charge is 0.338 e. The molecule has 0 bridgehead atoms. The van der Waals surface area contributed by atoms with Crippen molar-refractivity contribution in [3.63, 3.8) is 0 Å². The van der Waals surface area contributed by atoms with E-state index in [9.17, 15) is 0 Å². The van der Waals surface area contributed by atoms with Gasteiger partial charge in [0, 0.05) is 55.9 Å². The predicted molar refractivity (Wildman–Crippen MR) is 93.6 cm³/mol. The van der Waals surface area contributed by atoms with E-state index >= 15 is 0 Å². The standard InChI is InChI=1S/C18H26N4S/c1-21-9-7-19-17(21)10-14-4-3-8-22(12-14)13-16-11-20-18(23-16)15-5-2-6-15/h7,9,11,14-15H,2-6,8,10,12-13H2,1H3. The number of aryl methyl sites for hydroxylation is 1. The number of hydrogen-bond donors (Lipinski definition) is 0. The molecule has 1 aliphatic heterocycles. The lowest BCUT2D eigenvalue weighted by Gasteiger charge is -2.32. The summed E-state index contributed by atoms with van der Waals surface area (Å²) in [5.74, 6) is 2.73. The molecule has 2 aliphatic rings. The van der Waals surface area contributed by atoms with Crippen LogP contribution < -0.4 is 0 Å². The van der Waals surface area contributed by atoms with Crippen LogP contribution in [0, 0.1) is 5.92 Å². The molecule has 1 saturated heterocycles. The molecule has 0 spiro atoms. The van der Waals surface area contributed by atoms with Gasteiger partial charge in [-0.05, 0) is 38.1 Å². The van der Waals surface area contributed by atoms with Gasteiger partial charge in [-0.3, -0.25) is 4.90 Å². The molecule has 5 heteroatoms. The summed E-state index contributed by atoms with van der Waals surface area (Å²) in [6.07, 6.45) is 13.9. The fourth-order valence-electron chi connectivity index (χ4n) is 3.77. The summed E-state index contributed by atoms with van der Waals surface area (Å²) in [7, 11) is 2.10. The smallest absolute Gasteiger partial charge is 0.108 e. The number of aromatic nitrogens is 3. The summed E-state index contributed by atoms with van der Waals surface area (Å²) < 4.78 is 2.16. The van der Waals surface area contributed by atoms with Crippen molar-refractivity contribution < 1.29 is 0 Å². The molecule has 2 aromatic rings. The fraction of sp³-hybridized carbons (Fsp3) is 0.667. The monoisotopic (exact) mass is 330 g/mol. The normalized spacial score (nSPS) is 23.1. The van der Waals surface area contributed by atoms with Crippen molar-refractivity contribution in [1.82, 2.24) is 19.4 Å². The van der Waals surface area contributed by atoms with Gasteiger partial charge in [0.1, 0.15) is 5.82 Å². The van der Waals surface area contributed by atoms with E-state index in [4.69, 9.17) is 0 Å². The highest BCUT2D eigenvalue weighted by atomic mass is 32.1. The van der Waals surface area contributed by atoms with Gasteiger partial charge in [-0.15, -0.1) is 11.3 Å². The van der Waals surface area contributed by atoms with Crippen molar-refractivity contribution in [3.05, 3.63) is 34.3 Å². The first-order valence-corrected chi connectivity index (χ1v) is 9.73. The van der Waals surface area contributed by atoms with E-state index < -0.39 is 0 Å². The summed E-state index contributed by atoms with van der Waals surface area (Å²) in [6.45, 7) is 3.51. The Morgan fingerprint density at radius 1 is 1.22 bits per heavy atom. The van der Waals surface area contributed by atoms with Crippen LogP contribution in [0.1, 0.15) is 53.7 Å².